The van der Waals surface area contributed by atoms with Crippen LogP contribution in [0.5, 0.6) is 0 Å². The largest absolute Gasteiger partial charge is 0.407 e. The van der Waals surface area contributed by atoms with Gasteiger partial charge in [-0.1, -0.05) is 25.1 Å². The summed E-state index contributed by atoms with van der Waals surface area (Å²) in [6.07, 6.45) is -3.96. The van der Waals surface area contributed by atoms with E-state index in [1.54, 1.807) is 0 Å². The van der Waals surface area contributed by atoms with Gasteiger partial charge in [-0.05, 0) is 55.2 Å². The highest BCUT2D eigenvalue weighted by molar-refractivity contribution is 7.91. The first-order chi connectivity index (χ1) is 20.0. The zero-order chi connectivity index (χ0) is 32.2. The van der Waals surface area contributed by atoms with E-state index in [-0.39, 0.29) is 12.5 Å². The number of halogens is 4. The molecule has 0 heterocycles. The Morgan fingerprint density at radius 2 is 1.58 bits per heavy atom. The predicted molar refractivity (Wildman–Crippen MR) is 143 cm³/mol. The molecule has 0 spiro atoms. The van der Waals surface area contributed by atoms with E-state index in [0.29, 0.717) is 18.9 Å². The fourth-order valence-electron chi connectivity index (χ4n) is 3.94. The highest BCUT2D eigenvalue weighted by atomic mass is 32.2. The molecule has 1 saturated carbocycles. The van der Waals surface area contributed by atoms with Crippen molar-refractivity contribution in [1.82, 2.24) is 16.0 Å². The smallest absolute Gasteiger partial charge is 0.347 e. The summed E-state index contributed by atoms with van der Waals surface area (Å²) in [4.78, 5) is 37.0. The molecular formula is C26H29F4N3O8S2. The van der Waals surface area contributed by atoms with E-state index >= 15 is 0 Å². The van der Waals surface area contributed by atoms with Gasteiger partial charge in [-0.3, -0.25) is 23.9 Å². The van der Waals surface area contributed by atoms with Gasteiger partial charge in [-0.2, -0.15) is 21.6 Å². The number of nitrogens with one attached hydrogen (secondary N) is 3. The molecule has 3 atom stereocenters. The van der Waals surface area contributed by atoms with Gasteiger partial charge in [0.15, 0.2) is 9.84 Å². The van der Waals surface area contributed by atoms with Crippen LogP contribution >= 0.6 is 0 Å². The molecule has 2 aromatic rings. The average Bonchev–Trinajstić information content (AvgIpc) is 3.77. The van der Waals surface area contributed by atoms with Gasteiger partial charge in [0.05, 0.1) is 28.7 Å². The van der Waals surface area contributed by atoms with Crippen molar-refractivity contribution in [3.05, 3.63) is 59.9 Å². The minimum absolute atomic E-state index is 0.153. The maximum Gasteiger partial charge on any atom is 0.407 e. The summed E-state index contributed by atoms with van der Waals surface area (Å²) in [5.41, 5.74) is -0.552. The average molecular weight is 652 g/mol. The first-order valence-electron chi connectivity index (χ1n) is 12.8. The topological polar surface area (TPSA) is 165 Å². The van der Waals surface area contributed by atoms with Crippen molar-refractivity contribution in [2.24, 2.45) is 0 Å². The van der Waals surface area contributed by atoms with Crippen LogP contribution in [0.25, 0.3) is 0 Å². The molecule has 1 fully saturated rings. The summed E-state index contributed by atoms with van der Waals surface area (Å²) in [6, 6.07) is 0.279. The lowest BCUT2D eigenvalue weighted by Crippen LogP contribution is -2.56. The lowest BCUT2D eigenvalue weighted by molar-refractivity contribution is -0.160. The van der Waals surface area contributed by atoms with Crippen molar-refractivity contribution in [3.63, 3.8) is 0 Å². The van der Waals surface area contributed by atoms with Crippen molar-refractivity contribution >= 4 is 37.6 Å². The van der Waals surface area contributed by atoms with E-state index in [1.165, 1.54) is 6.92 Å². The van der Waals surface area contributed by atoms with Crippen molar-refractivity contribution in [1.29, 1.82) is 0 Å². The molecule has 0 aromatic heterocycles. The maximum atomic E-state index is 14.2. The van der Waals surface area contributed by atoms with Gasteiger partial charge in [0, 0.05) is 6.04 Å². The van der Waals surface area contributed by atoms with Crippen molar-refractivity contribution < 1.29 is 53.0 Å². The normalized spacial score (nSPS) is 16.1. The van der Waals surface area contributed by atoms with Crippen LogP contribution < -0.4 is 16.0 Å². The standard InChI is InChI=1S/C26H29F4N3O8S2/c1-3-20(22(34)25(36)31-17-11-12-17)33-24(35)21(32-23(26(28,29)30)15-7-9-16(27)10-8-15)14-42(37,38)18-5-4-6-19(13-18)43(39,40)41-2/h4-10,13,17,20-21,23,32H,3,11-12,14H2,1-2H3,(H,31,36)(H,33,35)/t20-,21-,23-/m0/s1. The molecule has 11 nitrogen and oxygen atoms in total. The number of Topliss-reactive ketones (excluding diaryl/α,β-unsaturated/α-hetero) is 1. The molecule has 1 aliphatic carbocycles. The molecule has 3 N–H and O–H groups in total. The van der Waals surface area contributed by atoms with E-state index in [2.05, 4.69) is 14.8 Å². The van der Waals surface area contributed by atoms with Gasteiger partial charge in [-0.15, -0.1) is 0 Å². The number of sulfone groups is 1. The number of carbonyl (C=O) groups is 3. The number of amides is 2. The van der Waals surface area contributed by atoms with E-state index < -0.39 is 88.8 Å². The Bertz CT molecular complexity index is 1560. The van der Waals surface area contributed by atoms with Crippen LogP contribution in [0.1, 0.15) is 37.8 Å². The van der Waals surface area contributed by atoms with Crippen LogP contribution in [0, 0.1) is 5.82 Å². The molecule has 3 rings (SSSR count). The van der Waals surface area contributed by atoms with E-state index in [9.17, 15) is 48.8 Å². The third kappa shape index (κ3) is 9.04. The Balaban J connectivity index is 1.99. The molecule has 1 aliphatic rings. The molecule has 43 heavy (non-hydrogen) atoms. The number of hydrogen-bond acceptors (Lipinski definition) is 9. The molecule has 0 unspecified atom stereocenters. The number of benzene rings is 2. The summed E-state index contributed by atoms with van der Waals surface area (Å²) in [5.74, 6) is -5.63. The van der Waals surface area contributed by atoms with Crippen LogP contribution in [0.2, 0.25) is 0 Å². The monoisotopic (exact) mass is 651 g/mol. The van der Waals surface area contributed by atoms with Crippen LogP contribution in [0.15, 0.2) is 58.3 Å². The molecule has 236 valence electrons. The minimum Gasteiger partial charge on any atom is -0.347 e. The fraction of sp³-hybridized carbons (Fsp3) is 0.423. The lowest BCUT2D eigenvalue weighted by Gasteiger charge is -2.28. The van der Waals surface area contributed by atoms with Crippen molar-refractivity contribution in [2.45, 2.75) is 66.3 Å². The van der Waals surface area contributed by atoms with Gasteiger partial charge in [0.25, 0.3) is 16.0 Å². The van der Waals surface area contributed by atoms with Crippen molar-refractivity contribution in [2.75, 3.05) is 12.9 Å². The number of carbonyl (C=O) groups excluding carboxylic acids is 3. The van der Waals surface area contributed by atoms with Gasteiger partial charge in [-0.25, -0.2) is 12.8 Å². The second kappa shape index (κ2) is 13.5. The van der Waals surface area contributed by atoms with Gasteiger partial charge < -0.3 is 10.6 Å². The molecule has 0 saturated heterocycles. The quantitative estimate of drug-likeness (QED) is 0.157. The number of rotatable bonds is 14. The number of hydrogen-bond donors (Lipinski definition) is 3. The zero-order valence-corrected chi connectivity index (χ0v) is 24.5. The van der Waals surface area contributed by atoms with Crippen molar-refractivity contribution in [3.8, 4) is 0 Å². The van der Waals surface area contributed by atoms with Crippen LogP contribution in [0.4, 0.5) is 17.6 Å². The SMILES string of the molecule is CC[C@H](NC(=O)[C@H](CS(=O)(=O)c1cccc(S(=O)(=O)OC)c1)N[C@@H](c1ccc(F)cc1)C(F)(F)F)C(=O)C(=O)NC1CC1. The minimum atomic E-state index is -5.11. The highest BCUT2D eigenvalue weighted by Crippen LogP contribution is 2.33. The summed E-state index contributed by atoms with van der Waals surface area (Å²) in [7, 11) is -8.22. The van der Waals surface area contributed by atoms with Crippen LogP contribution in [0.3, 0.4) is 0 Å². The third-order valence-electron chi connectivity index (χ3n) is 6.45. The second-order valence-corrected chi connectivity index (χ2v) is 13.5. The second-order valence-electron chi connectivity index (χ2n) is 9.70. The van der Waals surface area contributed by atoms with E-state index in [1.807, 2.05) is 5.32 Å². The number of ketones is 1. The lowest BCUT2D eigenvalue weighted by atomic mass is 10.0. The molecule has 2 aromatic carbocycles. The molecule has 2 amide bonds. The Morgan fingerprint density at radius 1 is 0.977 bits per heavy atom. The van der Waals surface area contributed by atoms with Gasteiger partial charge in [0.1, 0.15) is 17.9 Å². The highest BCUT2D eigenvalue weighted by Gasteiger charge is 2.44. The molecule has 0 aliphatic heterocycles. The Kier molecular flexibility index (Phi) is 10.7. The molecule has 0 radical (unpaired) electrons. The van der Waals surface area contributed by atoms with E-state index in [0.717, 1.165) is 49.6 Å². The van der Waals surface area contributed by atoms with Crippen LogP contribution in [-0.4, -0.2) is 71.6 Å². The molecule has 0 bridgehead atoms. The zero-order valence-electron chi connectivity index (χ0n) is 22.9. The predicted octanol–water partition coefficient (Wildman–Crippen LogP) is 1.94. The Morgan fingerprint density at radius 3 is 2.12 bits per heavy atom. The van der Waals surface area contributed by atoms with Gasteiger partial charge >= 0.3 is 6.18 Å². The fourth-order valence-corrected chi connectivity index (χ4v) is 6.19. The first-order valence-corrected chi connectivity index (χ1v) is 15.9. The molecule has 17 heteroatoms. The van der Waals surface area contributed by atoms with E-state index in [4.69, 9.17) is 0 Å². The molecular weight excluding hydrogens is 622 g/mol. The van der Waals surface area contributed by atoms with Gasteiger partial charge in [0.2, 0.25) is 11.7 Å². The maximum absolute atomic E-state index is 14.2. The summed E-state index contributed by atoms with van der Waals surface area (Å²) in [6.45, 7) is 1.42. The Hall–Kier alpha value is -3.41. The number of alkyl halides is 3. The third-order valence-corrected chi connectivity index (χ3v) is 9.47. The first kappa shape index (κ1) is 34.1. The Labute approximate surface area is 245 Å². The summed E-state index contributed by atoms with van der Waals surface area (Å²) >= 11 is 0. The van der Waals surface area contributed by atoms with Crippen LogP contribution in [-0.2, 0) is 38.5 Å². The summed E-state index contributed by atoms with van der Waals surface area (Å²) < 4.78 is 111. The summed E-state index contributed by atoms with van der Waals surface area (Å²) in [5, 5.41) is 6.56.